The molecule has 0 aliphatic heterocycles. The number of urea groups is 1. The fourth-order valence-electron chi connectivity index (χ4n) is 2.87. The number of para-hydroxylation sites is 1. The Morgan fingerprint density at radius 1 is 0.857 bits per heavy atom. The van der Waals surface area contributed by atoms with E-state index in [9.17, 15) is 4.79 Å². The lowest BCUT2D eigenvalue weighted by Gasteiger charge is -2.10. The smallest absolute Gasteiger partial charge is 0.308 e. The number of thiazole rings is 1. The predicted molar refractivity (Wildman–Crippen MR) is 117 cm³/mol. The summed E-state index contributed by atoms with van der Waals surface area (Å²) in [7, 11) is 0. The van der Waals surface area contributed by atoms with Crippen molar-refractivity contribution in [3.63, 3.8) is 0 Å². The zero-order chi connectivity index (χ0) is 19.3. The third-order valence-corrected chi connectivity index (χ3v) is 5.23. The van der Waals surface area contributed by atoms with Crippen molar-refractivity contribution >= 4 is 28.7 Å². The third-order valence-electron chi connectivity index (χ3n) is 4.33. The summed E-state index contributed by atoms with van der Waals surface area (Å²) in [5, 5.41) is 8.79. The molecule has 4 nitrogen and oxygen atoms in total. The Morgan fingerprint density at radius 3 is 2.43 bits per heavy atom. The molecular weight excluding hydrogens is 366 g/mol. The first-order chi connectivity index (χ1) is 13.7. The first-order valence-electron chi connectivity index (χ1n) is 8.94. The normalized spacial score (nSPS) is 10.5. The maximum Gasteiger partial charge on any atom is 0.323 e. The highest BCUT2D eigenvalue weighted by Gasteiger charge is 2.09. The molecular formula is C23H19N3OS. The summed E-state index contributed by atoms with van der Waals surface area (Å²) in [6.07, 6.45) is 0. The van der Waals surface area contributed by atoms with Crippen LogP contribution < -0.4 is 10.6 Å². The number of benzene rings is 3. The summed E-state index contributed by atoms with van der Waals surface area (Å²) >= 11 is 1.61. The first-order valence-corrected chi connectivity index (χ1v) is 9.82. The summed E-state index contributed by atoms with van der Waals surface area (Å²) in [6.45, 7) is 1.96. The van der Waals surface area contributed by atoms with Gasteiger partial charge in [-0.1, -0.05) is 60.7 Å². The molecule has 0 aliphatic carbocycles. The zero-order valence-corrected chi connectivity index (χ0v) is 16.2. The van der Waals surface area contributed by atoms with Crippen LogP contribution in [0.3, 0.4) is 0 Å². The van der Waals surface area contributed by atoms with Crippen LogP contribution in [0.25, 0.3) is 21.8 Å². The minimum atomic E-state index is -0.269. The van der Waals surface area contributed by atoms with Crippen LogP contribution in [-0.2, 0) is 0 Å². The van der Waals surface area contributed by atoms with Crippen LogP contribution in [-0.4, -0.2) is 11.0 Å². The van der Waals surface area contributed by atoms with E-state index in [0.717, 1.165) is 38.8 Å². The van der Waals surface area contributed by atoms with Gasteiger partial charge in [-0.05, 0) is 30.7 Å². The number of nitrogens with one attached hydrogen (secondary N) is 2. The van der Waals surface area contributed by atoms with E-state index in [-0.39, 0.29) is 6.03 Å². The lowest BCUT2D eigenvalue weighted by molar-refractivity contribution is 0.262. The second-order valence-corrected chi connectivity index (χ2v) is 7.24. The van der Waals surface area contributed by atoms with Gasteiger partial charge in [-0.25, -0.2) is 9.78 Å². The molecule has 0 saturated carbocycles. The molecule has 2 amide bonds. The Kier molecular flexibility index (Phi) is 5.17. The summed E-state index contributed by atoms with van der Waals surface area (Å²) in [5.74, 6) is 0. The van der Waals surface area contributed by atoms with Crippen molar-refractivity contribution in [2.45, 2.75) is 6.92 Å². The van der Waals surface area contributed by atoms with E-state index in [1.54, 1.807) is 11.3 Å². The predicted octanol–water partition coefficient (Wildman–Crippen LogP) is 6.43. The monoisotopic (exact) mass is 385 g/mol. The molecule has 0 saturated heterocycles. The molecule has 0 fully saturated rings. The van der Waals surface area contributed by atoms with E-state index in [4.69, 9.17) is 4.98 Å². The highest BCUT2D eigenvalue weighted by molar-refractivity contribution is 7.13. The largest absolute Gasteiger partial charge is 0.323 e. The maximum absolute atomic E-state index is 12.3. The first kappa shape index (κ1) is 17.9. The van der Waals surface area contributed by atoms with Gasteiger partial charge in [0.1, 0.15) is 5.01 Å². The third kappa shape index (κ3) is 4.10. The SMILES string of the molecule is Cc1ccccc1NC(=O)Nc1cccc(-c2csc(-c3ccccc3)n2)c1. The van der Waals surface area contributed by atoms with Crippen molar-refractivity contribution in [2.75, 3.05) is 10.6 Å². The molecule has 4 rings (SSSR count). The van der Waals surface area contributed by atoms with Crippen LogP contribution in [0.5, 0.6) is 0 Å². The molecule has 4 aromatic rings. The van der Waals surface area contributed by atoms with Gasteiger partial charge < -0.3 is 10.6 Å². The van der Waals surface area contributed by atoms with E-state index in [0.29, 0.717) is 0 Å². The summed E-state index contributed by atoms with van der Waals surface area (Å²) in [6, 6.07) is 25.2. The molecule has 0 radical (unpaired) electrons. The molecule has 3 aromatic carbocycles. The van der Waals surface area contributed by atoms with Crippen molar-refractivity contribution in [3.8, 4) is 21.8 Å². The Labute approximate surface area is 167 Å². The average Bonchev–Trinajstić information content (AvgIpc) is 3.21. The number of carbonyl (C=O) groups is 1. The minimum Gasteiger partial charge on any atom is -0.308 e. The van der Waals surface area contributed by atoms with Gasteiger partial charge in [-0.3, -0.25) is 0 Å². The number of amides is 2. The number of hydrogen-bond donors (Lipinski definition) is 2. The number of rotatable bonds is 4. The van der Waals surface area contributed by atoms with Crippen LogP contribution in [0, 0.1) is 6.92 Å². The van der Waals surface area contributed by atoms with Crippen molar-refractivity contribution in [3.05, 3.63) is 89.8 Å². The molecule has 0 spiro atoms. The van der Waals surface area contributed by atoms with Crippen LogP contribution in [0.4, 0.5) is 16.2 Å². The molecule has 5 heteroatoms. The van der Waals surface area contributed by atoms with Gasteiger partial charge in [-0.2, -0.15) is 0 Å². The lowest BCUT2D eigenvalue weighted by atomic mass is 10.1. The Balaban J connectivity index is 1.50. The van der Waals surface area contributed by atoms with Gasteiger partial charge >= 0.3 is 6.03 Å². The summed E-state index contributed by atoms with van der Waals surface area (Å²) in [5.41, 5.74) is 5.49. The van der Waals surface area contributed by atoms with Crippen molar-refractivity contribution in [1.82, 2.24) is 4.98 Å². The summed E-state index contributed by atoms with van der Waals surface area (Å²) < 4.78 is 0. The standard InChI is InChI=1S/C23H19N3OS/c1-16-8-5-6-13-20(16)26-23(27)24-19-12-7-11-18(14-19)21-15-28-22(25-21)17-9-3-2-4-10-17/h2-15H,1H3,(H2,24,26,27). The van der Waals surface area contributed by atoms with Crippen LogP contribution >= 0.6 is 11.3 Å². The molecule has 1 heterocycles. The second kappa shape index (κ2) is 8.06. The number of carbonyl (C=O) groups excluding carboxylic acids is 1. The lowest BCUT2D eigenvalue weighted by Crippen LogP contribution is -2.19. The molecule has 0 bridgehead atoms. The molecule has 138 valence electrons. The van der Waals surface area contributed by atoms with Gasteiger partial charge in [0, 0.05) is 27.9 Å². The van der Waals surface area contributed by atoms with Crippen molar-refractivity contribution in [1.29, 1.82) is 0 Å². The van der Waals surface area contributed by atoms with E-state index in [2.05, 4.69) is 22.8 Å². The molecule has 0 aliphatic rings. The quantitative estimate of drug-likeness (QED) is 0.425. The van der Waals surface area contributed by atoms with Crippen LogP contribution in [0.2, 0.25) is 0 Å². The maximum atomic E-state index is 12.3. The zero-order valence-electron chi connectivity index (χ0n) is 15.3. The van der Waals surface area contributed by atoms with Crippen LogP contribution in [0.15, 0.2) is 84.2 Å². The van der Waals surface area contributed by atoms with Crippen LogP contribution in [0.1, 0.15) is 5.56 Å². The Bertz CT molecular complexity index is 1110. The number of anilines is 2. The van der Waals surface area contributed by atoms with Gasteiger partial charge in [0.2, 0.25) is 0 Å². The van der Waals surface area contributed by atoms with E-state index in [1.165, 1.54) is 0 Å². The molecule has 1 aromatic heterocycles. The number of aryl methyl sites for hydroxylation is 1. The molecule has 0 unspecified atom stereocenters. The van der Waals surface area contributed by atoms with E-state index >= 15 is 0 Å². The fourth-order valence-corrected chi connectivity index (χ4v) is 3.71. The van der Waals surface area contributed by atoms with E-state index in [1.807, 2.05) is 79.0 Å². The van der Waals surface area contributed by atoms with Gasteiger partial charge in [0.15, 0.2) is 0 Å². The fraction of sp³-hybridized carbons (Fsp3) is 0.0435. The van der Waals surface area contributed by atoms with E-state index < -0.39 is 0 Å². The van der Waals surface area contributed by atoms with Gasteiger partial charge in [0.05, 0.1) is 5.69 Å². The average molecular weight is 385 g/mol. The summed E-state index contributed by atoms with van der Waals surface area (Å²) in [4.78, 5) is 17.1. The number of hydrogen-bond acceptors (Lipinski definition) is 3. The molecule has 28 heavy (non-hydrogen) atoms. The highest BCUT2D eigenvalue weighted by atomic mass is 32.1. The Morgan fingerprint density at radius 2 is 1.61 bits per heavy atom. The van der Waals surface area contributed by atoms with Crippen molar-refractivity contribution in [2.24, 2.45) is 0 Å². The number of nitrogens with zero attached hydrogens (tertiary/aromatic N) is 1. The second-order valence-electron chi connectivity index (χ2n) is 6.38. The van der Waals surface area contributed by atoms with Crippen molar-refractivity contribution < 1.29 is 4.79 Å². The van der Waals surface area contributed by atoms with Gasteiger partial charge in [-0.15, -0.1) is 11.3 Å². The minimum absolute atomic E-state index is 0.269. The number of aromatic nitrogens is 1. The highest BCUT2D eigenvalue weighted by Crippen LogP contribution is 2.29. The molecule has 2 N–H and O–H groups in total. The Hall–Kier alpha value is -3.44. The molecule has 0 atom stereocenters. The topological polar surface area (TPSA) is 54.0 Å². The van der Waals surface area contributed by atoms with Gasteiger partial charge in [0.25, 0.3) is 0 Å².